The fourth-order valence-electron chi connectivity index (χ4n) is 1.30. The first-order valence-corrected chi connectivity index (χ1v) is 5.80. The second kappa shape index (κ2) is 3.62. The van der Waals surface area contributed by atoms with Crippen LogP contribution in [-0.2, 0) is 0 Å². The van der Waals surface area contributed by atoms with Crippen molar-refractivity contribution in [2.24, 2.45) is 0 Å². The van der Waals surface area contributed by atoms with Crippen LogP contribution in [-0.4, -0.2) is 0 Å². The largest absolute Gasteiger partial charge is 0.397 e. The van der Waals surface area contributed by atoms with E-state index >= 15 is 0 Å². The molecule has 1 heterocycles. The molecule has 0 unspecified atom stereocenters. The summed E-state index contributed by atoms with van der Waals surface area (Å²) >= 11 is 3.34. The van der Waals surface area contributed by atoms with Crippen LogP contribution in [0.5, 0.6) is 0 Å². The number of halogens is 3. The maximum atomic E-state index is 12.6. The van der Waals surface area contributed by atoms with Crippen LogP contribution in [0.1, 0.15) is 12.0 Å². The van der Waals surface area contributed by atoms with Crippen molar-refractivity contribution in [2.45, 2.75) is 6.43 Å². The van der Waals surface area contributed by atoms with E-state index in [1.54, 1.807) is 6.07 Å². The lowest BCUT2D eigenvalue weighted by Gasteiger charge is -2.07. The molecule has 14 heavy (non-hydrogen) atoms. The molecule has 0 fully saturated rings. The van der Waals surface area contributed by atoms with Gasteiger partial charge >= 0.3 is 0 Å². The first-order valence-electron chi connectivity index (χ1n) is 3.84. The summed E-state index contributed by atoms with van der Waals surface area (Å²) in [7, 11) is 0. The van der Waals surface area contributed by atoms with E-state index in [1.807, 2.05) is 28.0 Å². The number of hydrogen-bond acceptors (Lipinski definition) is 2. The third kappa shape index (κ3) is 1.48. The fourth-order valence-corrected chi connectivity index (χ4v) is 2.98. The Morgan fingerprint density at radius 3 is 2.79 bits per heavy atom. The quantitative estimate of drug-likeness (QED) is 0.622. The zero-order valence-corrected chi connectivity index (χ0v) is 9.90. The summed E-state index contributed by atoms with van der Waals surface area (Å²) in [5.41, 5.74) is 6.26. The van der Waals surface area contributed by atoms with E-state index in [1.165, 1.54) is 17.4 Å². The third-order valence-corrected chi connectivity index (χ3v) is 4.14. The molecule has 0 radical (unpaired) electrons. The van der Waals surface area contributed by atoms with E-state index < -0.39 is 6.43 Å². The molecule has 0 aliphatic rings. The average Bonchev–Trinajstić information content (AvgIpc) is 2.58. The number of nitrogen functional groups attached to an aromatic ring is 1. The number of hydrogen-bond donors (Lipinski definition) is 1. The lowest BCUT2D eigenvalue weighted by Crippen LogP contribution is -1.96. The van der Waals surface area contributed by atoms with Gasteiger partial charge in [0.15, 0.2) is 0 Å². The van der Waals surface area contributed by atoms with Gasteiger partial charge in [-0.3, -0.25) is 0 Å². The molecule has 5 heteroatoms. The number of thiophene rings is 1. The van der Waals surface area contributed by atoms with Gasteiger partial charge in [0.1, 0.15) is 0 Å². The van der Waals surface area contributed by atoms with Crippen molar-refractivity contribution in [3.05, 3.63) is 26.6 Å². The molecule has 1 aromatic carbocycles. The van der Waals surface area contributed by atoms with Crippen LogP contribution >= 0.6 is 33.9 Å². The molecule has 0 aliphatic heterocycles. The smallest absolute Gasteiger partial charge is 0.264 e. The minimum absolute atomic E-state index is 0.0222. The molecule has 2 rings (SSSR count). The first kappa shape index (κ1) is 10.1. The van der Waals surface area contributed by atoms with Crippen LogP contribution < -0.4 is 5.73 Å². The number of fused-ring (bicyclic) bond motifs is 1. The number of nitrogens with two attached hydrogens (primary N) is 1. The van der Waals surface area contributed by atoms with Gasteiger partial charge in [0.05, 0.1) is 10.4 Å². The fraction of sp³-hybridized carbons (Fsp3) is 0.111. The van der Waals surface area contributed by atoms with E-state index in [0.717, 1.165) is 10.1 Å². The molecule has 0 atom stereocenters. The molecule has 1 nitrogen and oxygen atoms in total. The molecule has 0 amide bonds. The molecule has 2 aromatic rings. The first-order chi connectivity index (χ1) is 6.61. The van der Waals surface area contributed by atoms with Crippen molar-refractivity contribution >= 4 is 49.7 Å². The van der Waals surface area contributed by atoms with E-state index in [9.17, 15) is 8.78 Å². The standard InChI is InChI=1S/C9H6F2INS/c10-9(11)5-3-4-1-2-14-8(4)7(13)6(5)12/h1-3,9H,13H2. The van der Waals surface area contributed by atoms with Crippen LogP contribution in [0.4, 0.5) is 14.5 Å². The molecule has 74 valence electrons. The van der Waals surface area contributed by atoms with Crippen LogP contribution in [0, 0.1) is 3.57 Å². The monoisotopic (exact) mass is 325 g/mol. The Balaban J connectivity index is 2.80. The summed E-state index contributed by atoms with van der Waals surface area (Å²) in [6.45, 7) is 0. The maximum absolute atomic E-state index is 12.6. The maximum Gasteiger partial charge on any atom is 0.264 e. The third-order valence-electron chi connectivity index (χ3n) is 1.98. The van der Waals surface area contributed by atoms with Gasteiger partial charge in [-0.25, -0.2) is 8.78 Å². The van der Waals surface area contributed by atoms with E-state index in [4.69, 9.17) is 5.73 Å². The Morgan fingerprint density at radius 2 is 2.14 bits per heavy atom. The predicted octanol–water partition coefficient (Wildman–Crippen LogP) is 4.03. The van der Waals surface area contributed by atoms with Gasteiger partial charge in [-0.05, 0) is 45.5 Å². The molecule has 0 saturated heterocycles. The molecule has 2 N–H and O–H groups in total. The average molecular weight is 325 g/mol. The summed E-state index contributed by atoms with van der Waals surface area (Å²) in [5, 5.41) is 2.65. The summed E-state index contributed by atoms with van der Waals surface area (Å²) < 4.78 is 26.5. The summed E-state index contributed by atoms with van der Waals surface area (Å²) in [5.74, 6) is 0. The molecule has 0 bridgehead atoms. The highest BCUT2D eigenvalue weighted by Gasteiger charge is 2.16. The van der Waals surface area contributed by atoms with Crippen LogP contribution in [0.3, 0.4) is 0 Å². The summed E-state index contributed by atoms with van der Waals surface area (Å²) in [6.07, 6.45) is -2.46. The van der Waals surface area contributed by atoms with Crippen molar-refractivity contribution in [2.75, 3.05) is 5.73 Å². The Hall–Kier alpha value is -0.430. The molecule has 0 saturated carbocycles. The van der Waals surface area contributed by atoms with Gasteiger partial charge in [0, 0.05) is 9.13 Å². The van der Waals surface area contributed by atoms with Crippen LogP contribution in [0.25, 0.3) is 10.1 Å². The van der Waals surface area contributed by atoms with Gasteiger partial charge in [-0.15, -0.1) is 11.3 Å². The zero-order valence-electron chi connectivity index (χ0n) is 6.93. The Kier molecular flexibility index (Phi) is 2.61. The molecular formula is C9H6F2INS. The molecular weight excluding hydrogens is 319 g/mol. The lowest BCUT2D eigenvalue weighted by atomic mass is 10.1. The van der Waals surface area contributed by atoms with E-state index in [2.05, 4.69) is 0 Å². The minimum Gasteiger partial charge on any atom is -0.397 e. The highest BCUT2D eigenvalue weighted by Crippen LogP contribution is 2.36. The van der Waals surface area contributed by atoms with Crippen LogP contribution in [0.15, 0.2) is 17.5 Å². The number of benzene rings is 1. The second-order valence-corrected chi connectivity index (χ2v) is 4.83. The van der Waals surface area contributed by atoms with Gasteiger partial charge in [0.25, 0.3) is 6.43 Å². The van der Waals surface area contributed by atoms with Crippen molar-refractivity contribution in [3.8, 4) is 0 Å². The Labute approximate surface area is 97.1 Å². The van der Waals surface area contributed by atoms with Crippen molar-refractivity contribution in [1.82, 2.24) is 0 Å². The number of rotatable bonds is 1. The highest BCUT2D eigenvalue weighted by molar-refractivity contribution is 14.1. The minimum atomic E-state index is -2.46. The van der Waals surface area contributed by atoms with Gasteiger partial charge < -0.3 is 5.73 Å². The van der Waals surface area contributed by atoms with Crippen LogP contribution in [0.2, 0.25) is 0 Å². The molecule has 0 spiro atoms. The zero-order chi connectivity index (χ0) is 10.3. The Bertz CT molecular complexity index is 481. The van der Waals surface area contributed by atoms with Crippen molar-refractivity contribution in [3.63, 3.8) is 0 Å². The Morgan fingerprint density at radius 1 is 1.43 bits per heavy atom. The number of alkyl halides is 2. The second-order valence-electron chi connectivity index (χ2n) is 2.83. The number of anilines is 1. The lowest BCUT2D eigenvalue weighted by molar-refractivity contribution is 0.150. The van der Waals surface area contributed by atoms with Gasteiger partial charge in [-0.1, -0.05) is 0 Å². The molecule has 0 aliphatic carbocycles. The van der Waals surface area contributed by atoms with E-state index in [-0.39, 0.29) is 5.56 Å². The molecule has 1 aromatic heterocycles. The SMILES string of the molecule is Nc1c(I)c(C(F)F)cc2ccsc12. The van der Waals surface area contributed by atoms with Crippen molar-refractivity contribution in [1.29, 1.82) is 0 Å². The highest BCUT2D eigenvalue weighted by atomic mass is 127. The summed E-state index contributed by atoms with van der Waals surface area (Å²) in [4.78, 5) is 0. The predicted molar refractivity (Wildman–Crippen MR) is 63.9 cm³/mol. The topological polar surface area (TPSA) is 26.0 Å². The van der Waals surface area contributed by atoms with E-state index in [0.29, 0.717) is 9.26 Å². The van der Waals surface area contributed by atoms with Gasteiger partial charge in [-0.2, -0.15) is 0 Å². The van der Waals surface area contributed by atoms with Gasteiger partial charge in [0.2, 0.25) is 0 Å². The van der Waals surface area contributed by atoms with Crippen molar-refractivity contribution < 1.29 is 8.78 Å². The normalized spacial score (nSPS) is 11.4. The summed E-state index contributed by atoms with van der Waals surface area (Å²) in [6, 6.07) is 3.31.